The maximum Gasteiger partial charge on any atom is 0.407 e. The number of thioether (sulfide) groups is 1. The summed E-state index contributed by atoms with van der Waals surface area (Å²) in [6, 6.07) is 4.83. The van der Waals surface area contributed by atoms with Crippen molar-refractivity contribution < 1.29 is 42.9 Å². The van der Waals surface area contributed by atoms with Crippen LogP contribution in [0, 0.1) is 5.92 Å². The molecule has 1 aliphatic carbocycles. The highest BCUT2D eigenvalue weighted by Gasteiger charge is 2.72. The number of nitrogens with one attached hydrogen (secondary N) is 4. The van der Waals surface area contributed by atoms with Crippen molar-refractivity contribution in [3.63, 3.8) is 0 Å². The number of carbonyl (C=O) groups is 4. The van der Waals surface area contributed by atoms with Crippen molar-refractivity contribution in [2.75, 3.05) is 38.9 Å². The molecule has 3 heterocycles. The van der Waals surface area contributed by atoms with Gasteiger partial charge in [0, 0.05) is 30.6 Å². The number of fused-ring (bicyclic) bond motifs is 1. The molecule has 2 saturated heterocycles. The third kappa shape index (κ3) is 9.92. The molecule has 0 bridgehead atoms. The quantitative estimate of drug-likeness (QED) is 0.0648. The fourth-order valence-corrected chi connectivity index (χ4v) is 7.93. The van der Waals surface area contributed by atoms with Gasteiger partial charge in [-0.3, -0.25) is 9.59 Å². The minimum Gasteiger partial charge on any atom is -0.462 e. The minimum atomic E-state index is -1.04. The van der Waals surface area contributed by atoms with E-state index in [1.807, 2.05) is 30.5 Å². The number of esters is 1. The Bertz CT molecular complexity index is 1640. The molecule has 0 unspecified atom stereocenters. The van der Waals surface area contributed by atoms with Gasteiger partial charge in [-0.1, -0.05) is 29.8 Å². The zero-order chi connectivity index (χ0) is 38.3. The van der Waals surface area contributed by atoms with Gasteiger partial charge in [0.1, 0.15) is 42.1 Å². The summed E-state index contributed by atoms with van der Waals surface area (Å²) in [5, 5.41) is 9.00. The normalized spacial score (nSPS) is 27.6. The Balaban J connectivity index is 1.10. The monoisotopic (exact) mass is 757 g/mol. The number of hydrogen-bond donors (Lipinski definition) is 5. The van der Waals surface area contributed by atoms with Gasteiger partial charge >= 0.3 is 12.1 Å². The molecule has 1 saturated carbocycles. The van der Waals surface area contributed by atoms with Gasteiger partial charge in [-0.15, -0.1) is 0 Å². The average Bonchev–Trinajstić information content (AvgIpc) is 4.01. The molecule has 3 fully saturated rings. The molecule has 14 nitrogen and oxygen atoms in total. The third-order valence-electron chi connectivity index (χ3n) is 10.5. The first-order chi connectivity index (χ1) is 25.3. The van der Waals surface area contributed by atoms with Crippen LogP contribution in [0.4, 0.5) is 4.79 Å². The van der Waals surface area contributed by atoms with E-state index in [1.165, 1.54) is 12.5 Å². The van der Waals surface area contributed by atoms with E-state index in [4.69, 9.17) is 29.4 Å². The van der Waals surface area contributed by atoms with E-state index >= 15 is 0 Å². The molecule has 2 aliphatic heterocycles. The number of benzene rings is 1. The molecule has 5 rings (SSSR count). The highest BCUT2D eigenvalue weighted by atomic mass is 32.2. The van der Waals surface area contributed by atoms with Gasteiger partial charge in [-0.05, 0) is 77.0 Å². The van der Waals surface area contributed by atoms with Gasteiger partial charge in [0.25, 0.3) is 0 Å². The number of nitrogens with two attached hydrogens (primary N) is 1. The Kier molecular flexibility index (Phi) is 13.5. The van der Waals surface area contributed by atoms with Gasteiger partial charge in [-0.25, -0.2) is 9.59 Å². The maximum absolute atomic E-state index is 13.5. The summed E-state index contributed by atoms with van der Waals surface area (Å²) >= 11 is 1.57. The SMILES string of the molecule is CO[C@@H]1[C@H](OC(=O)NCCOC(=O)[C@H](C)NC(=O)[C@H](Cc2c[nH]c3ccccc23)NC(=O)[C@@H](N)CCSC)CC[C@]2(CO2)[C@H]1[C@@]1(C)O[C@@H]1CC=C(C)C. The van der Waals surface area contributed by atoms with Crippen LogP contribution in [-0.2, 0) is 44.5 Å². The van der Waals surface area contributed by atoms with Crippen molar-refractivity contribution in [3.8, 4) is 0 Å². The van der Waals surface area contributed by atoms with E-state index in [0.717, 1.165) is 29.3 Å². The molecule has 1 aromatic carbocycles. The number of H-pyrrole nitrogens is 1. The number of aromatic nitrogens is 1. The summed E-state index contributed by atoms with van der Waals surface area (Å²) in [5.74, 6) is -1.12. The van der Waals surface area contributed by atoms with Crippen LogP contribution >= 0.6 is 11.8 Å². The van der Waals surface area contributed by atoms with E-state index in [1.54, 1.807) is 25.1 Å². The summed E-state index contributed by atoms with van der Waals surface area (Å²) in [4.78, 5) is 55.3. The zero-order valence-corrected chi connectivity index (χ0v) is 32.3. The molecule has 2 aromatic rings. The van der Waals surface area contributed by atoms with Crippen molar-refractivity contribution in [2.45, 2.75) is 107 Å². The smallest absolute Gasteiger partial charge is 0.407 e. The fraction of sp³-hybridized carbons (Fsp3) is 0.632. The lowest BCUT2D eigenvalue weighted by molar-refractivity contribution is -0.147. The average molecular weight is 758 g/mol. The molecule has 53 heavy (non-hydrogen) atoms. The van der Waals surface area contributed by atoms with E-state index < -0.39 is 59.8 Å². The molecule has 0 radical (unpaired) electrons. The van der Waals surface area contributed by atoms with E-state index in [2.05, 4.69) is 47.8 Å². The first-order valence-electron chi connectivity index (χ1n) is 18.3. The first kappa shape index (κ1) is 40.6. The number of alkyl carbamates (subject to hydrolysis) is 1. The lowest BCUT2D eigenvalue weighted by Gasteiger charge is -2.42. The van der Waals surface area contributed by atoms with E-state index in [0.29, 0.717) is 25.2 Å². The number of ether oxygens (including phenoxy) is 5. The highest BCUT2D eigenvalue weighted by molar-refractivity contribution is 7.98. The maximum atomic E-state index is 13.5. The van der Waals surface area contributed by atoms with Gasteiger partial charge < -0.3 is 50.4 Å². The van der Waals surface area contributed by atoms with Crippen LogP contribution in [0.1, 0.15) is 58.9 Å². The number of rotatable bonds is 18. The van der Waals surface area contributed by atoms with Crippen molar-refractivity contribution in [1.29, 1.82) is 0 Å². The van der Waals surface area contributed by atoms with E-state index in [9.17, 15) is 19.2 Å². The van der Waals surface area contributed by atoms with Crippen LogP contribution in [0.5, 0.6) is 0 Å². The van der Waals surface area contributed by atoms with Gasteiger partial charge in [0.05, 0.1) is 31.2 Å². The first-order valence-corrected chi connectivity index (χ1v) is 19.7. The molecule has 1 spiro atoms. The van der Waals surface area contributed by atoms with Crippen LogP contribution in [0.2, 0.25) is 0 Å². The minimum absolute atomic E-state index is 0.00906. The summed E-state index contributed by atoms with van der Waals surface area (Å²) < 4.78 is 29.3. The predicted molar refractivity (Wildman–Crippen MR) is 201 cm³/mol. The molecule has 9 atom stereocenters. The number of epoxide rings is 2. The number of allylic oxidation sites excluding steroid dienone is 1. The van der Waals surface area contributed by atoms with Crippen molar-refractivity contribution in [1.82, 2.24) is 20.9 Å². The molecular weight excluding hydrogens is 703 g/mol. The summed E-state index contributed by atoms with van der Waals surface area (Å²) in [7, 11) is 1.61. The topological polar surface area (TPSA) is 199 Å². The molecule has 292 valence electrons. The van der Waals surface area contributed by atoms with E-state index in [-0.39, 0.29) is 37.2 Å². The van der Waals surface area contributed by atoms with Crippen molar-refractivity contribution in [3.05, 3.63) is 47.7 Å². The Hall–Kier alpha value is -3.63. The van der Waals surface area contributed by atoms with Crippen LogP contribution < -0.4 is 21.7 Å². The molecule has 3 amide bonds. The molecule has 15 heteroatoms. The Morgan fingerprint density at radius 3 is 2.62 bits per heavy atom. The fourth-order valence-electron chi connectivity index (χ4n) is 7.44. The van der Waals surface area contributed by atoms with Gasteiger partial charge in [0.2, 0.25) is 11.8 Å². The largest absolute Gasteiger partial charge is 0.462 e. The highest BCUT2D eigenvalue weighted by Crippen LogP contribution is 2.59. The van der Waals surface area contributed by atoms with Crippen molar-refractivity contribution in [2.24, 2.45) is 11.7 Å². The molecule has 1 aromatic heterocycles. The summed E-state index contributed by atoms with van der Waals surface area (Å²) in [6.07, 6.45) is 7.06. The Morgan fingerprint density at radius 2 is 1.92 bits per heavy atom. The van der Waals surface area contributed by atoms with Crippen molar-refractivity contribution >= 4 is 46.5 Å². The number of methoxy groups -OCH3 is 1. The van der Waals surface area contributed by atoms with Gasteiger partial charge in [-0.2, -0.15) is 11.8 Å². The number of carbonyl (C=O) groups excluding carboxylic acids is 4. The number of hydrogen-bond acceptors (Lipinski definition) is 11. The number of aromatic amines is 1. The molecular formula is C38H55N5O9S. The second kappa shape index (κ2) is 17.7. The second-order valence-electron chi connectivity index (χ2n) is 14.7. The lowest BCUT2D eigenvalue weighted by Crippen LogP contribution is -2.56. The van der Waals surface area contributed by atoms with Crippen LogP contribution in [0.3, 0.4) is 0 Å². The van der Waals surface area contributed by atoms with Gasteiger partial charge in [0.15, 0.2) is 0 Å². The standard InChI is InChI=1S/C38H55N5O9S/c1-22(2)11-12-30-37(4,52-30)32-31(48-5)29(13-15-38(32)21-50-38)51-36(47)40-16-17-49-35(46)23(3)42-34(45)28(43-33(44)26(39)14-18-53-6)19-24-20-41-27-10-8-7-9-25(24)27/h7-11,20,23,26,28-32,41H,12-19,21,39H2,1-6H3,(H,40,47)(H,42,45)(H,43,44)/t23-,26-,28-,29+,30+,31+,32+,37-,38-/m0/s1. The molecule has 3 aliphatic rings. The van der Waals surface area contributed by atoms with Crippen LogP contribution in [-0.4, -0.2) is 115 Å². The zero-order valence-electron chi connectivity index (χ0n) is 31.5. The Labute approximate surface area is 315 Å². The number of amides is 3. The van der Waals surface area contributed by atoms with Crippen LogP contribution in [0.25, 0.3) is 10.9 Å². The Morgan fingerprint density at radius 1 is 1.17 bits per heavy atom. The predicted octanol–water partition coefficient (Wildman–Crippen LogP) is 3.13. The summed E-state index contributed by atoms with van der Waals surface area (Å²) in [5.41, 5.74) is 8.24. The third-order valence-corrected chi connectivity index (χ3v) is 11.2. The molecule has 6 N–H and O–H groups in total. The second-order valence-corrected chi connectivity index (χ2v) is 15.6. The summed E-state index contributed by atoms with van der Waals surface area (Å²) in [6.45, 7) is 8.16. The van der Waals surface area contributed by atoms with Crippen LogP contribution in [0.15, 0.2) is 42.1 Å². The lowest BCUT2D eigenvalue weighted by atomic mass is 9.68. The number of para-hydroxylation sites is 1.